The summed E-state index contributed by atoms with van der Waals surface area (Å²) in [6, 6.07) is 9.71. The number of rotatable bonds is 4. The number of fused-ring (bicyclic) bond motifs is 2. The third-order valence-corrected chi connectivity index (χ3v) is 7.28. The largest absolute Gasteiger partial charge is 0.454 e. The predicted octanol–water partition coefficient (Wildman–Crippen LogP) is 4.33. The molecule has 4 rings (SSSR count). The molecule has 0 radical (unpaired) electrons. The van der Waals surface area contributed by atoms with Crippen LogP contribution < -0.4 is 4.90 Å². The monoisotopic (exact) mass is 410 g/mol. The number of esters is 1. The van der Waals surface area contributed by atoms with E-state index in [2.05, 4.69) is 0 Å². The summed E-state index contributed by atoms with van der Waals surface area (Å²) in [7, 11) is 1.82. The van der Waals surface area contributed by atoms with Crippen LogP contribution >= 0.6 is 23.1 Å². The molecule has 7 heteroatoms. The molecule has 0 N–H and O–H groups in total. The minimum absolute atomic E-state index is 0.0175. The van der Waals surface area contributed by atoms with Crippen molar-refractivity contribution in [2.24, 2.45) is 0 Å². The molecule has 0 saturated heterocycles. The highest BCUT2D eigenvalue weighted by Crippen LogP contribution is 2.46. The summed E-state index contributed by atoms with van der Waals surface area (Å²) >= 11 is 2.96. The van der Waals surface area contributed by atoms with E-state index >= 15 is 0 Å². The van der Waals surface area contributed by atoms with Gasteiger partial charge in [0.2, 0.25) is 5.78 Å². The van der Waals surface area contributed by atoms with Gasteiger partial charge in [-0.25, -0.2) is 4.79 Å². The smallest absolute Gasteiger partial charge is 0.339 e. The van der Waals surface area contributed by atoms with Crippen molar-refractivity contribution in [3.8, 4) is 6.07 Å². The predicted molar refractivity (Wildman–Crippen MR) is 110 cm³/mol. The SMILES string of the molecule is CN1/C(=C(\C#N)C(=O)COC(=O)c2csc3c2CCCC3)Sc2ccccc21. The number of hydrogen-bond acceptors (Lipinski definition) is 7. The standard InChI is InChI=1S/C21H18N2O3S2/c1-23-16-7-3-5-9-19(16)28-20(23)14(10-22)17(24)11-26-21(25)15-12-27-18-8-4-2-6-13(15)18/h3,5,7,9,12H,2,4,6,8,11H2,1H3/b20-14-. The average molecular weight is 411 g/mol. The van der Waals surface area contributed by atoms with Crippen molar-refractivity contribution >= 4 is 40.5 Å². The maximum absolute atomic E-state index is 12.6. The molecule has 0 fully saturated rings. The highest BCUT2D eigenvalue weighted by Gasteiger charge is 2.29. The van der Waals surface area contributed by atoms with Crippen LogP contribution in [-0.4, -0.2) is 25.4 Å². The quantitative estimate of drug-likeness (QED) is 0.424. The van der Waals surface area contributed by atoms with E-state index < -0.39 is 18.4 Å². The Morgan fingerprint density at radius 2 is 2.04 bits per heavy atom. The van der Waals surface area contributed by atoms with Crippen molar-refractivity contribution < 1.29 is 14.3 Å². The molecule has 1 aromatic carbocycles. The van der Waals surface area contributed by atoms with E-state index in [1.165, 1.54) is 16.6 Å². The lowest BCUT2D eigenvalue weighted by molar-refractivity contribution is -0.118. The van der Waals surface area contributed by atoms with E-state index in [-0.39, 0.29) is 5.57 Å². The topological polar surface area (TPSA) is 70.4 Å². The van der Waals surface area contributed by atoms with Gasteiger partial charge in [0.15, 0.2) is 6.61 Å². The number of Topliss-reactive ketones (excluding diaryl/α,β-unsaturated/α-hetero) is 1. The number of ketones is 1. The first-order valence-corrected chi connectivity index (χ1v) is 10.7. The number of thioether (sulfide) groups is 1. The zero-order valence-electron chi connectivity index (χ0n) is 15.4. The van der Waals surface area contributed by atoms with Crippen LogP contribution in [0.4, 0.5) is 5.69 Å². The lowest BCUT2D eigenvalue weighted by atomic mass is 9.96. The summed E-state index contributed by atoms with van der Waals surface area (Å²) < 4.78 is 5.27. The Bertz CT molecular complexity index is 1030. The normalized spacial score (nSPS) is 16.8. The minimum atomic E-state index is -0.484. The molecule has 2 heterocycles. The second-order valence-electron chi connectivity index (χ2n) is 6.68. The number of hydrogen-bond donors (Lipinski definition) is 0. The molecule has 0 bridgehead atoms. The fourth-order valence-electron chi connectivity index (χ4n) is 3.50. The zero-order valence-corrected chi connectivity index (χ0v) is 17.0. The molecule has 28 heavy (non-hydrogen) atoms. The summed E-state index contributed by atoms with van der Waals surface area (Å²) in [6.07, 6.45) is 4.09. The van der Waals surface area contributed by atoms with Gasteiger partial charge in [-0.3, -0.25) is 4.79 Å². The first-order valence-electron chi connectivity index (χ1n) is 9.04. The van der Waals surface area contributed by atoms with Crippen LogP contribution in [0.1, 0.15) is 33.6 Å². The van der Waals surface area contributed by atoms with Gasteiger partial charge in [0.25, 0.3) is 0 Å². The molecule has 0 spiro atoms. The van der Waals surface area contributed by atoms with Crippen molar-refractivity contribution in [1.82, 2.24) is 0 Å². The van der Waals surface area contributed by atoms with Crippen LogP contribution in [0, 0.1) is 11.3 Å². The van der Waals surface area contributed by atoms with Crippen molar-refractivity contribution in [2.75, 3.05) is 18.6 Å². The van der Waals surface area contributed by atoms with Gasteiger partial charge in [-0.2, -0.15) is 5.26 Å². The number of carbonyl (C=O) groups is 2. The van der Waals surface area contributed by atoms with Gasteiger partial charge in [-0.1, -0.05) is 23.9 Å². The molecule has 2 aliphatic rings. The van der Waals surface area contributed by atoms with Gasteiger partial charge in [0.1, 0.15) is 16.7 Å². The van der Waals surface area contributed by atoms with E-state index in [9.17, 15) is 14.9 Å². The van der Waals surface area contributed by atoms with Crippen molar-refractivity contribution in [2.45, 2.75) is 30.6 Å². The Morgan fingerprint density at radius 1 is 1.25 bits per heavy atom. The lowest BCUT2D eigenvalue weighted by Gasteiger charge is -2.15. The Labute approximate surface area is 171 Å². The molecule has 0 atom stereocenters. The maximum Gasteiger partial charge on any atom is 0.339 e. The number of benzene rings is 1. The highest BCUT2D eigenvalue weighted by atomic mass is 32.2. The second kappa shape index (κ2) is 7.82. The third kappa shape index (κ3) is 3.34. The Hall–Kier alpha value is -2.56. The van der Waals surface area contributed by atoms with Gasteiger partial charge < -0.3 is 9.64 Å². The zero-order chi connectivity index (χ0) is 19.7. The van der Waals surface area contributed by atoms with E-state index in [1.807, 2.05) is 47.7 Å². The lowest BCUT2D eigenvalue weighted by Crippen LogP contribution is -2.20. The number of ether oxygens (including phenoxy) is 1. The van der Waals surface area contributed by atoms with Crippen LogP contribution in [0.3, 0.4) is 0 Å². The Morgan fingerprint density at radius 3 is 2.82 bits per heavy atom. The first kappa shape index (κ1) is 18.8. The van der Waals surface area contributed by atoms with Gasteiger partial charge in [-0.05, 0) is 43.4 Å². The molecular formula is C21H18N2O3S2. The van der Waals surface area contributed by atoms with Gasteiger partial charge >= 0.3 is 5.97 Å². The molecule has 1 aliphatic carbocycles. The van der Waals surface area contributed by atoms with Crippen LogP contribution in [-0.2, 0) is 22.4 Å². The number of nitrogens with zero attached hydrogens (tertiary/aromatic N) is 2. The van der Waals surface area contributed by atoms with E-state index in [0.29, 0.717) is 10.6 Å². The number of thiophene rings is 1. The van der Waals surface area contributed by atoms with Crippen molar-refractivity contribution in [1.29, 1.82) is 5.26 Å². The summed E-state index contributed by atoms with van der Waals surface area (Å²) in [5.74, 6) is -0.965. The number of para-hydroxylation sites is 1. The molecule has 0 amide bonds. The molecule has 0 saturated carbocycles. The number of nitriles is 1. The summed E-state index contributed by atoms with van der Waals surface area (Å²) in [5.41, 5.74) is 2.60. The van der Waals surface area contributed by atoms with E-state index in [0.717, 1.165) is 41.8 Å². The second-order valence-corrected chi connectivity index (χ2v) is 8.67. The summed E-state index contributed by atoms with van der Waals surface area (Å²) in [4.78, 5) is 29.2. The highest BCUT2D eigenvalue weighted by molar-refractivity contribution is 8.03. The fraction of sp³-hybridized carbons (Fsp3) is 0.286. The van der Waals surface area contributed by atoms with Crippen LogP contribution in [0.15, 0.2) is 45.1 Å². The number of aryl methyl sites for hydroxylation is 1. The molecule has 142 valence electrons. The Kier molecular flexibility index (Phi) is 5.25. The van der Waals surface area contributed by atoms with Crippen LogP contribution in [0.2, 0.25) is 0 Å². The summed E-state index contributed by atoms with van der Waals surface area (Å²) in [5, 5.41) is 11.9. The fourth-order valence-corrected chi connectivity index (χ4v) is 5.77. The van der Waals surface area contributed by atoms with Crippen molar-refractivity contribution in [3.63, 3.8) is 0 Å². The molecular weight excluding hydrogens is 392 g/mol. The first-order chi connectivity index (χ1) is 13.6. The van der Waals surface area contributed by atoms with Gasteiger partial charge in [0, 0.05) is 22.2 Å². The molecule has 1 aromatic heterocycles. The van der Waals surface area contributed by atoms with E-state index in [1.54, 1.807) is 11.3 Å². The molecule has 2 aromatic rings. The number of anilines is 1. The minimum Gasteiger partial charge on any atom is -0.454 e. The molecule has 0 unspecified atom stereocenters. The molecule has 1 aliphatic heterocycles. The van der Waals surface area contributed by atoms with Crippen LogP contribution in [0.5, 0.6) is 0 Å². The third-order valence-electron chi connectivity index (χ3n) is 4.96. The van der Waals surface area contributed by atoms with Crippen LogP contribution in [0.25, 0.3) is 0 Å². The number of carbonyl (C=O) groups excluding carboxylic acids is 2. The van der Waals surface area contributed by atoms with E-state index in [4.69, 9.17) is 4.74 Å². The van der Waals surface area contributed by atoms with Crippen molar-refractivity contribution in [3.05, 3.63) is 56.3 Å². The summed E-state index contributed by atoms with van der Waals surface area (Å²) in [6.45, 7) is -0.430. The maximum atomic E-state index is 12.6. The van der Waals surface area contributed by atoms with Gasteiger partial charge in [-0.15, -0.1) is 11.3 Å². The van der Waals surface area contributed by atoms with Gasteiger partial charge in [0.05, 0.1) is 11.3 Å². The average Bonchev–Trinajstić information content (AvgIpc) is 3.29. The molecule has 5 nitrogen and oxygen atoms in total. The Balaban J connectivity index is 1.48.